The molecule has 0 unspecified atom stereocenters. The lowest BCUT2D eigenvalue weighted by molar-refractivity contribution is 0.231. The molecule has 1 aromatic carbocycles. The van der Waals surface area contributed by atoms with E-state index in [0.717, 1.165) is 16.8 Å². The average Bonchev–Trinajstić information content (AvgIpc) is 2.24. The molecule has 6 heteroatoms. The van der Waals surface area contributed by atoms with Crippen molar-refractivity contribution in [2.75, 3.05) is 4.23 Å². The third-order valence-corrected chi connectivity index (χ3v) is 8.84. The Labute approximate surface area is 130 Å². The fourth-order valence-electron chi connectivity index (χ4n) is 2.71. The first-order valence-electron chi connectivity index (χ1n) is 7.47. The molecule has 0 saturated carbocycles. The minimum absolute atomic E-state index is 0.244. The van der Waals surface area contributed by atoms with Crippen molar-refractivity contribution in [2.24, 2.45) is 0 Å². The molecule has 0 aliphatic rings. The molecular formula is C15H29NO3Si2. The lowest BCUT2D eigenvalue weighted by Crippen LogP contribution is -2.65. The van der Waals surface area contributed by atoms with E-state index in [2.05, 4.69) is 27.7 Å². The number of hydrogen-bond donors (Lipinski definition) is 3. The van der Waals surface area contributed by atoms with Crippen molar-refractivity contribution < 1.29 is 14.4 Å². The molecular weight excluding hydrogens is 298 g/mol. The smallest absolute Gasteiger partial charge is 0.373 e. The molecule has 3 N–H and O–H groups in total. The van der Waals surface area contributed by atoms with E-state index >= 15 is 0 Å². The predicted octanol–water partition coefficient (Wildman–Crippen LogP) is 2.99. The van der Waals surface area contributed by atoms with Crippen LogP contribution in [0.15, 0.2) is 18.2 Å². The van der Waals surface area contributed by atoms with Crippen molar-refractivity contribution in [2.45, 2.75) is 59.2 Å². The fraction of sp³-hybridized carbons (Fsp3) is 0.600. The maximum Gasteiger partial charge on any atom is 0.616 e. The van der Waals surface area contributed by atoms with Crippen LogP contribution in [0.4, 0.5) is 5.69 Å². The topological polar surface area (TPSA) is 63.9 Å². The molecule has 21 heavy (non-hydrogen) atoms. The summed E-state index contributed by atoms with van der Waals surface area (Å²) in [5, 5.41) is 0. The van der Waals surface area contributed by atoms with E-state index in [1.165, 1.54) is 0 Å². The summed E-state index contributed by atoms with van der Waals surface area (Å²) in [6.07, 6.45) is 0. The van der Waals surface area contributed by atoms with Crippen LogP contribution in [-0.2, 0) is 0 Å². The summed E-state index contributed by atoms with van der Waals surface area (Å²) >= 11 is 0. The summed E-state index contributed by atoms with van der Waals surface area (Å²) < 4.78 is 1.56. The zero-order valence-electron chi connectivity index (χ0n) is 14.2. The van der Waals surface area contributed by atoms with Crippen molar-refractivity contribution in [3.8, 4) is 0 Å². The van der Waals surface area contributed by atoms with Gasteiger partial charge in [0.2, 0.25) is 0 Å². The van der Waals surface area contributed by atoms with Crippen LogP contribution in [0.25, 0.3) is 0 Å². The summed E-state index contributed by atoms with van der Waals surface area (Å²) in [5.41, 5.74) is 2.93. The molecule has 0 amide bonds. The second-order valence-electron chi connectivity index (χ2n) is 7.20. The normalized spacial score (nSPS) is 13.1. The quantitative estimate of drug-likeness (QED) is 0.728. The van der Waals surface area contributed by atoms with E-state index in [-0.39, 0.29) is 11.8 Å². The molecule has 0 fully saturated rings. The fourth-order valence-corrected chi connectivity index (χ4v) is 7.79. The highest BCUT2D eigenvalue weighted by atomic mass is 28.4. The maximum atomic E-state index is 10.1. The van der Waals surface area contributed by atoms with E-state index in [4.69, 9.17) is 0 Å². The first kappa shape index (κ1) is 18.4. The third-order valence-electron chi connectivity index (χ3n) is 3.54. The van der Waals surface area contributed by atoms with E-state index in [1.807, 2.05) is 37.8 Å². The van der Waals surface area contributed by atoms with Crippen molar-refractivity contribution >= 4 is 22.9 Å². The van der Waals surface area contributed by atoms with E-state index < -0.39 is 17.2 Å². The number of rotatable bonds is 5. The lowest BCUT2D eigenvalue weighted by Gasteiger charge is -2.42. The van der Waals surface area contributed by atoms with Gasteiger partial charge in [0, 0.05) is 5.69 Å². The van der Waals surface area contributed by atoms with Crippen LogP contribution < -0.4 is 4.23 Å². The second kappa shape index (κ2) is 6.22. The average molecular weight is 328 g/mol. The van der Waals surface area contributed by atoms with Gasteiger partial charge in [0.15, 0.2) is 0 Å². The van der Waals surface area contributed by atoms with Crippen LogP contribution >= 0.6 is 0 Å². The molecule has 120 valence electrons. The highest BCUT2D eigenvalue weighted by Crippen LogP contribution is 2.38. The van der Waals surface area contributed by atoms with Crippen molar-refractivity contribution in [1.82, 2.24) is 0 Å². The molecule has 4 nitrogen and oxygen atoms in total. The first-order chi connectivity index (χ1) is 9.37. The highest BCUT2D eigenvalue weighted by molar-refractivity contribution is 6.92. The van der Waals surface area contributed by atoms with Gasteiger partial charge < -0.3 is 18.6 Å². The number of benzene rings is 1. The Morgan fingerprint density at radius 3 is 1.48 bits per heavy atom. The molecule has 0 aliphatic heterocycles. The lowest BCUT2D eigenvalue weighted by atomic mass is 9.93. The third kappa shape index (κ3) is 4.17. The van der Waals surface area contributed by atoms with Crippen LogP contribution in [0.2, 0.25) is 19.6 Å². The van der Waals surface area contributed by atoms with Gasteiger partial charge >= 0.3 is 8.97 Å². The number of para-hydroxylation sites is 1. The highest BCUT2D eigenvalue weighted by Gasteiger charge is 2.47. The maximum absolute atomic E-state index is 10.1. The Hall–Kier alpha value is -0.666. The van der Waals surface area contributed by atoms with E-state index in [9.17, 15) is 14.4 Å². The minimum atomic E-state index is -4.42. The monoisotopic (exact) mass is 327 g/mol. The molecule has 1 rings (SSSR count). The second-order valence-corrected chi connectivity index (χ2v) is 14.1. The molecule has 0 spiro atoms. The number of nitrogens with zero attached hydrogens (tertiary/aromatic N) is 1. The molecule has 0 aliphatic carbocycles. The predicted molar refractivity (Wildman–Crippen MR) is 92.9 cm³/mol. The molecule has 0 atom stereocenters. The van der Waals surface area contributed by atoms with Crippen molar-refractivity contribution in [1.29, 1.82) is 0 Å². The summed E-state index contributed by atoms with van der Waals surface area (Å²) in [7, 11) is -6.59. The minimum Gasteiger partial charge on any atom is -0.373 e. The van der Waals surface area contributed by atoms with Gasteiger partial charge in [-0.25, -0.2) is 0 Å². The molecule has 0 radical (unpaired) electrons. The van der Waals surface area contributed by atoms with Gasteiger partial charge in [0.1, 0.15) is 8.24 Å². The van der Waals surface area contributed by atoms with Gasteiger partial charge in [0.05, 0.1) is 0 Å². The number of anilines is 1. The van der Waals surface area contributed by atoms with Crippen LogP contribution in [0, 0.1) is 0 Å². The Morgan fingerprint density at radius 2 is 1.24 bits per heavy atom. The zero-order chi connectivity index (χ0) is 16.6. The van der Waals surface area contributed by atoms with E-state index in [1.54, 1.807) is 4.23 Å². The van der Waals surface area contributed by atoms with E-state index in [0.29, 0.717) is 0 Å². The van der Waals surface area contributed by atoms with Crippen LogP contribution in [-0.4, -0.2) is 31.6 Å². The molecule has 0 heterocycles. The van der Waals surface area contributed by atoms with Gasteiger partial charge in [-0.2, -0.15) is 0 Å². The molecule has 0 saturated heterocycles. The van der Waals surface area contributed by atoms with Crippen LogP contribution in [0.3, 0.4) is 0 Å². The summed E-state index contributed by atoms with van der Waals surface area (Å²) in [6.45, 7) is 14.4. The number of hydrogen-bond acceptors (Lipinski definition) is 4. The van der Waals surface area contributed by atoms with Gasteiger partial charge in [-0.1, -0.05) is 65.5 Å². The van der Waals surface area contributed by atoms with Gasteiger partial charge in [-0.3, -0.25) is 0 Å². The Kier molecular flexibility index (Phi) is 5.44. The summed E-state index contributed by atoms with van der Waals surface area (Å²) in [6, 6.07) is 6.03. The van der Waals surface area contributed by atoms with Gasteiger partial charge in [-0.15, -0.1) is 0 Å². The molecule has 0 aromatic heterocycles. The van der Waals surface area contributed by atoms with Crippen LogP contribution in [0.5, 0.6) is 0 Å². The standard InChI is InChI=1S/C15H29NO3Si2/c1-11(2)13-9-8-10-14(12(3)4)15(13)16(20(5,6)7)21(17,18)19/h8-12,17-19H,1-7H3. The Bertz CT molecular complexity index is 450. The summed E-state index contributed by atoms with van der Waals surface area (Å²) in [5.74, 6) is 0.489. The van der Waals surface area contributed by atoms with Crippen molar-refractivity contribution in [3.05, 3.63) is 29.3 Å². The Morgan fingerprint density at radius 1 is 0.857 bits per heavy atom. The molecule has 0 bridgehead atoms. The van der Waals surface area contributed by atoms with Gasteiger partial charge in [0.25, 0.3) is 0 Å². The molecule has 1 aromatic rings. The zero-order valence-corrected chi connectivity index (χ0v) is 16.2. The Balaban J connectivity index is 3.71. The summed E-state index contributed by atoms with van der Waals surface area (Å²) in [4.78, 5) is 30.3. The largest absolute Gasteiger partial charge is 0.616 e. The van der Waals surface area contributed by atoms with Crippen molar-refractivity contribution in [3.63, 3.8) is 0 Å². The van der Waals surface area contributed by atoms with Crippen LogP contribution in [0.1, 0.15) is 50.7 Å². The SMILES string of the molecule is CC(C)c1cccc(C(C)C)c1N([Si](C)(C)C)[Si](O)(O)O. The van der Waals surface area contributed by atoms with Gasteiger partial charge in [-0.05, 0) is 23.0 Å². The first-order valence-corrected chi connectivity index (χ1v) is 12.7.